The standard InChI is InChI=1S/C24H34N8O5/c25-24(26)28-10-4-8-18(32-22(35)17-7-3-9-27-17)21(34)30-13-20(33)31-19(23(36)37)11-14-12-29-16-6-2-1-5-15(14)16/h1-2,5-6,12,17-19,27,29H,3-4,7-11,13H2,(H,30,34)(H,31,33)(H,32,35)(H,36,37)(H4,25,26,28)/t17-,18+,19-/m0/s1. The molecule has 3 amide bonds. The average Bonchev–Trinajstić information content (AvgIpc) is 3.54. The highest BCUT2D eigenvalue weighted by Crippen LogP contribution is 2.19. The molecule has 0 unspecified atom stereocenters. The Labute approximate surface area is 213 Å². The second kappa shape index (κ2) is 13.3. The fraction of sp³-hybridized carbons (Fsp3) is 0.458. The Morgan fingerprint density at radius 2 is 1.92 bits per heavy atom. The monoisotopic (exact) mass is 514 g/mol. The summed E-state index contributed by atoms with van der Waals surface area (Å²) in [6.45, 7) is 0.555. The second-order valence-corrected chi connectivity index (χ2v) is 8.90. The van der Waals surface area contributed by atoms with E-state index in [2.05, 4.69) is 31.2 Å². The highest BCUT2D eigenvalue weighted by molar-refractivity contribution is 5.93. The predicted molar refractivity (Wildman–Crippen MR) is 137 cm³/mol. The van der Waals surface area contributed by atoms with Crippen LogP contribution in [0.4, 0.5) is 0 Å². The van der Waals surface area contributed by atoms with Gasteiger partial charge in [-0.05, 0) is 43.9 Å². The lowest BCUT2D eigenvalue weighted by Gasteiger charge is -2.21. The minimum Gasteiger partial charge on any atom is -0.480 e. The van der Waals surface area contributed by atoms with Gasteiger partial charge in [-0.1, -0.05) is 18.2 Å². The van der Waals surface area contributed by atoms with E-state index in [1.807, 2.05) is 24.3 Å². The van der Waals surface area contributed by atoms with Gasteiger partial charge in [0.05, 0.1) is 12.6 Å². The Hall–Kier alpha value is -4.13. The highest BCUT2D eigenvalue weighted by Gasteiger charge is 2.28. The number of para-hydroxylation sites is 1. The van der Waals surface area contributed by atoms with E-state index in [4.69, 9.17) is 11.5 Å². The Morgan fingerprint density at radius 3 is 2.62 bits per heavy atom. The maximum absolute atomic E-state index is 12.8. The first-order valence-corrected chi connectivity index (χ1v) is 12.2. The largest absolute Gasteiger partial charge is 0.480 e. The number of carboxylic acids is 1. The van der Waals surface area contributed by atoms with Gasteiger partial charge in [0.15, 0.2) is 5.96 Å². The van der Waals surface area contributed by atoms with E-state index in [0.29, 0.717) is 12.8 Å². The molecule has 1 aromatic heterocycles. The van der Waals surface area contributed by atoms with Crippen LogP contribution in [-0.2, 0) is 25.6 Å². The molecular weight excluding hydrogens is 480 g/mol. The maximum atomic E-state index is 12.8. The molecular formula is C24H34N8O5. The summed E-state index contributed by atoms with van der Waals surface area (Å²) in [5.41, 5.74) is 12.3. The number of H-pyrrole nitrogens is 1. The van der Waals surface area contributed by atoms with E-state index in [0.717, 1.165) is 29.4 Å². The number of nitrogens with one attached hydrogen (secondary N) is 5. The Kier molecular flexibility index (Phi) is 9.84. The van der Waals surface area contributed by atoms with Crippen molar-refractivity contribution in [3.8, 4) is 0 Å². The van der Waals surface area contributed by atoms with Gasteiger partial charge in [0.25, 0.3) is 0 Å². The van der Waals surface area contributed by atoms with Crippen molar-refractivity contribution >= 4 is 40.6 Å². The van der Waals surface area contributed by atoms with Crippen molar-refractivity contribution in [3.63, 3.8) is 0 Å². The Balaban J connectivity index is 1.55. The maximum Gasteiger partial charge on any atom is 0.326 e. The number of hydrogen-bond acceptors (Lipinski definition) is 6. The normalized spacial score (nSPS) is 16.5. The van der Waals surface area contributed by atoms with E-state index in [-0.39, 0.29) is 37.3 Å². The molecule has 0 radical (unpaired) electrons. The first-order valence-electron chi connectivity index (χ1n) is 12.2. The smallest absolute Gasteiger partial charge is 0.326 e. The topological polar surface area (TPSA) is 217 Å². The molecule has 1 aliphatic rings. The Morgan fingerprint density at radius 1 is 1.14 bits per heavy atom. The van der Waals surface area contributed by atoms with Crippen LogP contribution in [0.2, 0.25) is 0 Å². The van der Waals surface area contributed by atoms with Crippen LogP contribution >= 0.6 is 0 Å². The van der Waals surface area contributed by atoms with Gasteiger partial charge in [0, 0.05) is 30.1 Å². The number of carboxylic acid groups (broad SMARTS) is 1. The molecule has 13 nitrogen and oxygen atoms in total. The fourth-order valence-corrected chi connectivity index (χ4v) is 4.21. The van der Waals surface area contributed by atoms with Gasteiger partial charge in [-0.15, -0.1) is 0 Å². The third-order valence-electron chi connectivity index (χ3n) is 6.11. The Bertz CT molecular complexity index is 1140. The third kappa shape index (κ3) is 8.20. The van der Waals surface area contributed by atoms with Gasteiger partial charge in [-0.25, -0.2) is 4.79 Å². The van der Waals surface area contributed by atoms with Crippen LogP contribution in [0.5, 0.6) is 0 Å². The number of carbonyl (C=O) groups excluding carboxylic acids is 3. The third-order valence-corrected chi connectivity index (χ3v) is 6.11. The van der Waals surface area contributed by atoms with Gasteiger partial charge in [0.1, 0.15) is 12.1 Å². The van der Waals surface area contributed by atoms with Crippen LogP contribution in [0.25, 0.3) is 10.9 Å². The number of aliphatic imine (C=N–C) groups is 1. The number of nitrogens with zero attached hydrogens (tertiary/aromatic N) is 1. The zero-order chi connectivity index (χ0) is 26.8. The summed E-state index contributed by atoms with van der Waals surface area (Å²) in [6.07, 6.45) is 3.99. The molecule has 1 aromatic carbocycles. The van der Waals surface area contributed by atoms with Gasteiger partial charge >= 0.3 is 5.97 Å². The zero-order valence-corrected chi connectivity index (χ0v) is 20.5. The number of aliphatic carboxylic acids is 1. The molecule has 10 N–H and O–H groups in total. The van der Waals surface area contributed by atoms with Crippen LogP contribution in [0.1, 0.15) is 31.2 Å². The van der Waals surface area contributed by atoms with Gasteiger partial charge in [-0.2, -0.15) is 0 Å². The van der Waals surface area contributed by atoms with E-state index in [9.17, 15) is 24.3 Å². The average molecular weight is 515 g/mol. The molecule has 0 saturated carbocycles. The number of hydrogen-bond donors (Lipinski definition) is 8. The van der Waals surface area contributed by atoms with Crippen LogP contribution in [0.3, 0.4) is 0 Å². The molecule has 200 valence electrons. The molecule has 0 aliphatic carbocycles. The van der Waals surface area contributed by atoms with E-state index >= 15 is 0 Å². The molecule has 1 aliphatic heterocycles. The van der Waals surface area contributed by atoms with Crippen LogP contribution < -0.4 is 32.7 Å². The second-order valence-electron chi connectivity index (χ2n) is 8.90. The first kappa shape index (κ1) is 27.5. The lowest BCUT2D eigenvalue weighted by Crippen LogP contribution is -2.53. The van der Waals surface area contributed by atoms with Crippen LogP contribution in [0, 0.1) is 0 Å². The number of rotatable bonds is 13. The summed E-state index contributed by atoms with van der Waals surface area (Å²) < 4.78 is 0. The van der Waals surface area contributed by atoms with Crippen molar-refractivity contribution in [2.45, 2.75) is 50.2 Å². The quantitative estimate of drug-likeness (QED) is 0.0909. The predicted octanol–water partition coefficient (Wildman–Crippen LogP) is -1.31. The molecule has 1 fully saturated rings. The van der Waals surface area contributed by atoms with Gasteiger partial charge < -0.3 is 42.8 Å². The van der Waals surface area contributed by atoms with Crippen molar-refractivity contribution in [1.82, 2.24) is 26.3 Å². The summed E-state index contributed by atoms with van der Waals surface area (Å²) in [6, 6.07) is 4.98. The van der Waals surface area contributed by atoms with Gasteiger partial charge in [0.2, 0.25) is 17.7 Å². The fourth-order valence-electron chi connectivity index (χ4n) is 4.21. The van der Waals surface area contributed by atoms with Crippen molar-refractivity contribution in [3.05, 3.63) is 36.0 Å². The summed E-state index contributed by atoms with van der Waals surface area (Å²) in [4.78, 5) is 56.6. The number of fused-ring (bicyclic) bond motifs is 1. The molecule has 2 aromatic rings. The lowest BCUT2D eigenvalue weighted by molar-refractivity contribution is -0.141. The van der Waals surface area contributed by atoms with Crippen molar-refractivity contribution in [1.29, 1.82) is 0 Å². The minimum atomic E-state index is -1.20. The molecule has 13 heteroatoms. The van der Waals surface area contributed by atoms with Crippen molar-refractivity contribution < 1.29 is 24.3 Å². The minimum absolute atomic E-state index is 0.0664. The number of amides is 3. The van der Waals surface area contributed by atoms with Crippen molar-refractivity contribution in [2.75, 3.05) is 19.6 Å². The summed E-state index contributed by atoms with van der Waals surface area (Å²) in [7, 11) is 0. The molecule has 2 heterocycles. The summed E-state index contributed by atoms with van der Waals surface area (Å²) >= 11 is 0. The molecule has 3 rings (SSSR count). The van der Waals surface area contributed by atoms with Gasteiger partial charge in [-0.3, -0.25) is 19.4 Å². The molecule has 3 atom stereocenters. The zero-order valence-electron chi connectivity index (χ0n) is 20.5. The van der Waals surface area contributed by atoms with Crippen LogP contribution in [-0.4, -0.2) is 77.5 Å². The first-order chi connectivity index (χ1) is 17.7. The molecule has 0 spiro atoms. The molecule has 37 heavy (non-hydrogen) atoms. The molecule has 0 bridgehead atoms. The summed E-state index contributed by atoms with van der Waals surface area (Å²) in [5, 5.41) is 21.2. The number of guanidine groups is 1. The van der Waals surface area contributed by atoms with E-state index in [1.165, 1.54) is 0 Å². The molecule has 1 saturated heterocycles. The number of aromatic nitrogens is 1. The number of nitrogens with two attached hydrogens (primary N) is 2. The SMILES string of the molecule is NC(N)=NCCC[C@@H](NC(=O)[C@@H]1CCCN1)C(=O)NCC(=O)N[C@@H](Cc1c[nH]c2ccccc12)C(=O)O. The summed E-state index contributed by atoms with van der Waals surface area (Å²) in [5.74, 6) is -2.79. The van der Waals surface area contributed by atoms with Crippen molar-refractivity contribution in [2.24, 2.45) is 16.5 Å². The van der Waals surface area contributed by atoms with Crippen LogP contribution in [0.15, 0.2) is 35.5 Å². The highest BCUT2D eigenvalue weighted by atomic mass is 16.4. The number of benzene rings is 1. The number of carbonyl (C=O) groups is 4. The lowest BCUT2D eigenvalue weighted by atomic mass is 10.0. The number of aromatic amines is 1. The van der Waals surface area contributed by atoms with E-state index < -0.39 is 36.4 Å². The van der Waals surface area contributed by atoms with E-state index in [1.54, 1.807) is 6.20 Å².